The summed E-state index contributed by atoms with van der Waals surface area (Å²) in [5, 5.41) is 0. The van der Waals surface area contributed by atoms with Gasteiger partial charge in [0.15, 0.2) is 0 Å². The number of hydrogen-bond acceptors (Lipinski definition) is 3. The lowest BCUT2D eigenvalue weighted by Gasteiger charge is -2.27. The zero-order chi connectivity index (χ0) is 25.0. The lowest BCUT2D eigenvalue weighted by atomic mass is 9.80. The lowest BCUT2D eigenvalue weighted by molar-refractivity contribution is -0.145. The number of halogens is 2. The molecule has 2 rings (SSSR count). The van der Waals surface area contributed by atoms with Crippen molar-refractivity contribution in [3.05, 3.63) is 35.9 Å². The Morgan fingerprint density at radius 2 is 1.79 bits per heavy atom. The molecule has 0 amide bonds. The highest BCUT2D eigenvalue weighted by atomic mass is 19.3. The van der Waals surface area contributed by atoms with Gasteiger partial charge < -0.3 is 4.74 Å². The fraction of sp³-hybridized carbons (Fsp3) is 0.724. The number of rotatable bonds is 16. The van der Waals surface area contributed by atoms with E-state index < -0.39 is 11.8 Å². The van der Waals surface area contributed by atoms with Gasteiger partial charge in [-0.1, -0.05) is 76.8 Å². The monoisotopic (exact) mass is 478 g/mol. The Morgan fingerprint density at radius 1 is 1.09 bits per heavy atom. The van der Waals surface area contributed by atoms with E-state index in [-0.39, 0.29) is 30.1 Å². The van der Waals surface area contributed by atoms with Gasteiger partial charge in [0, 0.05) is 31.1 Å². The van der Waals surface area contributed by atoms with Crippen LogP contribution in [0.5, 0.6) is 0 Å². The van der Waals surface area contributed by atoms with Gasteiger partial charge >= 0.3 is 5.97 Å². The number of hydrogen-bond donors (Lipinski definition) is 0. The fourth-order valence-electron chi connectivity index (χ4n) is 5.23. The maximum atomic E-state index is 14.4. The highest BCUT2D eigenvalue weighted by Gasteiger charge is 2.41. The van der Waals surface area contributed by atoms with Gasteiger partial charge in [0.25, 0.3) is 5.92 Å². The smallest absolute Gasteiger partial charge is 0.306 e. The highest BCUT2D eigenvalue weighted by molar-refractivity contribution is 5.83. The van der Waals surface area contributed by atoms with Crippen molar-refractivity contribution in [1.29, 1.82) is 0 Å². The van der Waals surface area contributed by atoms with E-state index in [0.29, 0.717) is 44.5 Å². The van der Waals surface area contributed by atoms with Crippen LogP contribution in [0.15, 0.2) is 30.3 Å². The molecule has 0 aliphatic heterocycles. The van der Waals surface area contributed by atoms with Gasteiger partial charge in [0.2, 0.25) is 0 Å². The van der Waals surface area contributed by atoms with Crippen LogP contribution in [-0.4, -0.2) is 17.7 Å². The second-order valence-corrected chi connectivity index (χ2v) is 10.4. The zero-order valence-electron chi connectivity index (χ0n) is 21.4. The molecular weight excluding hydrogens is 434 g/mol. The number of ketones is 1. The molecule has 1 aromatic rings. The first-order valence-corrected chi connectivity index (χ1v) is 13.3. The van der Waals surface area contributed by atoms with E-state index in [4.69, 9.17) is 4.74 Å². The van der Waals surface area contributed by atoms with Gasteiger partial charge in [-0.15, -0.1) is 0 Å². The minimum absolute atomic E-state index is 0.0160. The molecule has 1 aliphatic carbocycles. The molecule has 34 heavy (non-hydrogen) atoms. The van der Waals surface area contributed by atoms with Crippen molar-refractivity contribution in [2.45, 2.75) is 110 Å². The van der Waals surface area contributed by atoms with Crippen LogP contribution in [-0.2, 0) is 20.9 Å². The molecular formula is C29H44F2O3. The number of alkyl halides is 2. The van der Waals surface area contributed by atoms with E-state index in [1.54, 1.807) is 6.92 Å². The molecule has 1 fully saturated rings. The second-order valence-electron chi connectivity index (χ2n) is 10.4. The molecule has 1 aromatic carbocycles. The molecule has 1 aliphatic rings. The number of carbonyl (C=O) groups excluding carboxylic acids is 2. The van der Waals surface area contributed by atoms with Crippen molar-refractivity contribution in [2.75, 3.05) is 0 Å². The molecule has 0 aromatic heterocycles. The Kier molecular flexibility index (Phi) is 12.2. The molecule has 0 spiro atoms. The molecule has 0 N–H and O–H groups in total. The van der Waals surface area contributed by atoms with E-state index in [0.717, 1.165) is 44.1 Å². The minimum Gasteiger partial charge on any atom is -0.461 e. The van der Waals surface area contributed by atoms with Gasteiger partial charge in [-0.05, 0) is 49.5 Å². The van der Waals surface area contributed by atoms with Gasteiger partial charge in [-0.3, -0.25) is 9.59 Å². The van der Waals surface area contributed by atoms with Crippen molar-refractivity contribution in [1.82, 2.24) is 0 Å². The van der Waals surface area contributed by atoms with E-state index in [1.807, 2.05) is 37.3 Å². The summed E-state index contributed by atoms with van der Waals surface area (Å²) in [5.74, 6) is -2.58. The number of benzene rings is 1. The molecule has 0 heterocycles. The van der Waals surface area contributed by atoms with E-state index in [9.17, 15) is 18.4 Å². The van der Waals surface area contributed by atoms with E-state index >= 15 is 0 Å². The first-order valence-electron chi connectivity index (χ1n) is 13.3. The number of esters is 1. The van der Waals surface area contributed by atoms with Gasteiger partial charge in [0.05, 0.1) is 0 Å². The molecule has 1 unspecified atom stereocenters. The molecule has 0 bridgehead atoms. The minimum atomic E-state index is -2.61. The Balaban J connectivity index is 1.65. The van der Waals surface area contributed by atoms with Crippen LogP contribution in [0.25, 0.3) is 0 Å². The van der Waals surface area contributed by atoms with Crippen molar-refractivity contribution in [3.63, 3.8) is 0 Å². The average Bonchev–Trinajstić information content (AvgIpc) is 3.09. The summed E-state index contributed by atoms with van der Waals surface area (Å²) in [6.45, 7) is 6.02. The maximum Gasteiger partial charge on any atom is 0.306 e. The zero-order valence-corrected chi connectivity index (χ0v) is 21.4. The summed E-state index contributed by atoms with van der Waals surface area (Å²) in [5.41, 5.74) is 0.986. The third-order valence-corrected chi connectivity index (χ3v) is 7.59. The summed E-state index contributed by atoms with van der Waals surface area (Å²) in [6.07, 6.45) is 7.99. The van der Waals surface area contributed by atoms with Crippen LogP contribution >= 0.6 is 0 Å². The van der Waals surface area contributed by atoms with Crippen LogP contribution in [0.2, 0.25) is 0 Å². The van der Waals surface area contributed by atoms with Crippen LogP contribution < -0.4 is 0 Å². The topological polar surface area (TPSA) is 43.4 Å². The highest BCUT2D eigenvalue weighted by Crippen LogP contribution is 2.42. The number of unbranched alkanes of at least 4 members (excludes halogenated alkanes) is 4. The third kappa shape index (κ3) is 9.46. The maximum absolute atomic E-state index is 14.4. The van der Waals surface area contributed by atoms with Gasteiger partial charge in [0.1, 0.15) is 12.4 Å². The number of Topliss-reactive ketones (excluding diaryl/α,β-unsaturated/α-hetero) is 1. The Morgan fingerprint density at radius 3 is 2.50 bits per heavy atom. The summed E-state index contributed by atoms with van der Waals surface area (Å²) in [4.78, 5) is 24.5. The normalized spacial score (nSPS) is 21.6. The standard InChI is InChI=1S/C29H44F2O3/c1-4-5-19-29(30,31)23(3)17-18-25-22(2)20-27(32)26(25)15-11-6-7-12-16-28(33)34-21-24-13-9-8-10-14-24/h8-10,13-14,22-23,25-26H,4-7,11-12,15-21H2,1-3H3/t22-,23?,25+,26-/m1/s1. The average molecular weight is 479 g/mol. The summed E-state index contributed by atoms with van der Waals surface area (Å²) in [6, 6.07) is 9.65. The largest absolute Gasteiger partial charge is 0.461 e. The van der Waals surface area contributed by atoms with Gasteiger partial charge in [-0.25, -0.2) is 8.78 Å². The summed E-state index contributed by atoms with van der Waals surface area (Å²) in [7, 11) is 0. The summed E-state index contributed by atoms with van der Waals surface area (Å²) >= 11 is 0. The quantitative estimate of drug-likeness (QED) is 0.178. The molecule has 0 saturated heterocycles. The third-order valence-electron chi connectivity index (χ3n) is 7.59. The van der Waals surface area contributed by atoms with Crippen LogP contribution in [0, 0.1) is 23.7 Å². The van der Waals surface area contributed by atoms with Crippen molar-refractivity contribution in [2.24, 2.45) is 23.7 Å². The van der Waals surface area contributed by atoms with Crippen molar-refractivity contribution < 1.29 is 23.1 Å². The molecule has 4 atom stereocenters. The second kappa shape index (κ2) is 14.6. The van der Waals surface area contributed by atoms with Crippen LogP contribution in [0.3, 0.4) is 0 Å². The van der Waals surface area contributed by atoms with Crippen LogP contribution in [0.1, 0.15) is 103 Å². The predicted octanol–water partition coefficient (Wildman–Crippen LogP) is 8.15. The van der Waals surface area contributed by atoms with E-state index in [1.165, 1.54) is 0 Å². The fourth-order valence-corrected chi connectivity index (χ4v) is 5.23. The van der Waals surface area contributed by atoms with Crippen molar-refractivity contribution in [3.8, 4) is 0 Å². The Hall–Kier alpha value is -1.78. The van der Waals surface area contributed by atoms with Crippen LogP contribution in [0.4, 0.5) is 8.78 Å². The van der Waals surface area contributed by atoms with Crippen molar-refractivity contribution >= 4 is 11.8 Å². The molecule has 0 radical (unpaired) electrons. The first kappa shape index (κ1) is 28.5. The SMILES string of the molecule is CCCCC(F)(F)C(C)CC[C@H]1[C@H](C)CC(=O)[C@@H]1CCCCCCC(=O)OCc1ccccc1. The molecule has 1 saturated carbocycles. The molecule has 192 valence electrons. The summed E-state index contributed by atoms with van der Waals surface area (Å²) < 4.78 is 34.0. The molecule has 3 nitrogen and oxygen atoms in total. The molecule has 5 heteroatoms. The first-order chi connectivity index (χ1) is 16.2. The Labute approximate surface area is 205 Å². The number of ether oxygens (including phenoxy) is 1. The Bertz CT molecular complexity index is 734. The number of carbonyl (C=O) groups is 2. The van der Waals surface area contributed by atoms with Gasteiger partial charge in [-0.2, -0.15) is 0 Å². The predicted molar refractivity (Wildman–Crippen MR) is 133 cm³/mol. The lowest BCUT2D eigenvalue weighted by Crippen LogP contribution is -2.27. The van der Waals surface area contributed by atoms with E-state index in [2.05, 4.69) is 6.92 Å².